The Labute approximate surface area is 128 Å². The average Bonchev–Trinajstić information content (AvgIpc) is 2.34. The van der Waals surface area contributed by atoms with Gasteiger partial charge >= 0.3 is 0 Å². The van der Waals surface area contributed by atoms with Crippen LogP contribution in [0.15, 0.2) is 18.2 Å². The molecule has 0 spiro atoms. The van der Waals surface area contributed by atoms with E-state index in [1.807, 2.05) is 0 Å². The van der Waals surface area contributed by atoms with E-state index in [1.165, 1.54) is 29.8 Å². The summed E-state index contributed by atoms with van der Waals surface area (Å²) in [5, 5.41) is 3.58. The first-order valence-electron chi connectivity index (χ1n) is 8.09. The Kier molecular flexibility index (Phi) is 3.44. The van der Waals surface area contributed by atoms with Crippen LogP contribution in [-0.2, 0) is 11.2 Å². The van der Waals surface area contributed by atoms with Crippen molar-refractivity contribution in [2.45, 2.75) is 64.7 Å². The van der Waals surface area contributed by atoms with E-state index in [0.717, 1.165) is 13.1 Å². The molecule has 2 heterocycles. The molecule has 0 aliphatic carbocycles. The number of aryl methyl sites for hydroxylation is 1. The number of hydrogen-bond acceptors (Lipinski definition) is 3. The third-order valence-corrected chi connectivity index (χ3v) is 4.40. The molecule has 0 amide bonds. The molecule has 3 nitrogen and oxygen atoms in total. The van der Waals surface area contributed by atoms with E-state index in [0.29, 0.717) is 6.04 Å². The van der Waals surface area contributed by atoms with Crippen LogP contribution in [0.5, 0.6) is 0 Å². The summed E-state index contributed by atoms with van der Waals surface area (Å²) >= 11 is 0. The maximum absolute atomic E-state index is 6.19. The SMILES string of the molecule is CC1CCc2cc(N3CC(C)(C)OC(C)(C)C3)ccc2N1. The lowest BCUT2D eigenvalue weighted by molar-refractivity contribution is -0.133. The zero-order valence-electron chi connectivity index (χ0n) is 14.0. The Hall–Kier alpha value is -1.22. The smallest absolute Gasteiger partial charge is 0.0808 e. The minimum absolute atomic E-state index is 0.107. The predicted molar refractivity (Wildman–Crippen MR) is 89.3 cm³/mol. The van der Waals surface area contributed by atoms with Gasteiger partial charge in [-0.25, -0.2) is 0 Å². The van der Waals surface area contributed by atoms with Gasteiger partial charge in [-0.2, -0.15) is 0 Å². The molecule has 1 saturated heterocycles. The quantitative estimate of drug-likeness (QED) is 0.850. The molecule has 1 atom stereocenters. The van der Waals surface area contributed by atoms with Gasteiger partial charge in [0.25, 0.3) is 0 Å². The Morgan fingerprint density at radius 1 is 1.14 bits per heavy atom. The van der Waals surface area contributed by atoms with Gasteiger partial charge in [-0.1, -0.05) is 0 Å². The molecule has 1 N–H and O–H groups in total. The number of benzene rings is 1. The topological polar surface area (TPSA) is 24.5 Å². The Balaban J connectivity index is 1.87. The molecule has 3 heteroatoms. The Morgan fingerprint density at radius 3 is 2.48 bits per heavy atom. The summed E-state index contributed by atoms with van der Waals surface area (Å²) in [4.78, 5) is 2.47. The van der Waals surface area contributed by atoms with E-state index >= 15 is 0 Å². The highest BCUT2D eigenvalue weighted by molar-refractivity contribution is 5.62. The van der Waals surface area contributed by atoms with Gasteiger partial charge in [-0.15, -0.1) is 0 Å². The van der Waals surface area contributed by atoms with Crippen molar-refractivity contribution < 1.29 is 4.74 Å². The van der Waals surface area contributed by atoms with Crippen LogP contribution >= 0.6 is 0 Å². The van der Waals surface area contributed by atoms with Crippen molar-refractivity contribution >= 4 is 11.4 Å². The first-order chi connectivity index (χ1) is 9.74. The van der Waals surface area contributed by atoms with E-state index in [-0.39, 0.29) is 11.2 Å². The number of rotatable bonds is 1. The van der Waals surface area contributed by atoms with Crippen molar-refractivity contribution in [1.82, 2.24) is 0 Å². The average molecular weight is 288 g/mol. The van der Waals surface area contributed by atoms with Crippen molar-refractivity contribution in [1.29, 1.82) is 0 Å². The van der Waals surface area contributed by atoms with Crippen LogP contribution in [0.2, 0.25) is 0 Å². The lowest BCUT2D eigenvalue weighted by Gasteiger charge is -2.48. The summed E-state index contributed by atoms with van der Waals surface area (Å²) < 4.78 is 6.19. The molecule has 116 valence electrons. The Bertz CT molecular complexity index is 520. The summed E-state index contributed by atoms with van der Waals surface area (Å²) in [5.74, 6) is 0. The molecular weight excluding hydrogens is 260 g/mol. The molecule has 1 unspecified atom stereocenters. The van der Waals surface area contributed by atoms with Crippen LogP contribution < -0.4 is 10.2 Å². The predicted octanol–water partition coefficient (Wildman–Crippen LogP) is 3.83. The van der Waals surface area contributed by atoms with Gasteiger partial charge in [0.2, 0.25) is 0 Å². The molecule has 1 aromatic rings. The molecule has 0 radical (unpaired) electrons. The maximum atomic E-state index is 6.19. The van der Waals surface area contributed by atoms with Gasteiger partial charge in [0.15, 0.2) is 0 Å². The third-order valence-electron chi connectivity index (χ3n) is 4.40. The van der Waals surface area contributed by atoms with Crippen LogP contribution in [0.1, 0.15) is 46.6 Å². The van der Waals surface area contributed by atoms with E-state index in [1.54, 1.807) is 0 Å². The first-order valence-corrected chi connectivity index (χ1v) is 8.09. The maximum Gasteiger partial charge on any atom is 0.0808 e. The summed E-state index contributed by atoms with van der Waals surface area (Å²) in [6.07, 6.45) is 2.39. The number of nitrogens with one attached hydrogen (secondary N) is 1. The Morgan fingerprint density at radius 2 is 1.81 bits per heavy atom. The molecule has 1 aromatic carbocycles. The largest absolute Gasteiger partial charge is 0.382 e. The molecule has 0 saturated carbocycles. The van der Waals surface area contributed by atoms with E-state index < -0.39 is 0 Å². The van der Waals surface area contributed by atoms with Crippen LogP contribution in [0.4, 0.5) is 11.4 Å². The minimum atomic E-state index is -0.107. The number of anilines is 2. The summed E-state index contributed by atoms with van der Waals surface area (Å²) in [6, 6.07) is 7.45. The monoisotopic (exact) mass is 288 g/mol. The highest BCUT2D eigenvalue weighted by atomic mass is 16.5. The van der Waals surface area contributed by atoms with Gasteiger partial charge < -0.3 is 15.0 Å². The van der Waals surface area contributed by atoms with Crippen LogP contribution in [0, 0.1) is 0 Å². The van der Waals surface area contributed by atoms with Crippen LogP contribution in [0.3, 0.4) is 0 Å². The molecule has 0 aromatic heterocycles. The van der Waals surface area contributed by atoms with Crippen molar-refractivity contribution in [3.63, 3.8) is 0 Å². The third kappa shape index (κ3) is 3.18. The lowest BCUT2D eigenvalue weighted by Crippen LogP contribution is -2.57. The highest BCUT2D eigenvalue weighted by Gasteiger charge is 2.38. The second-order valence-corrected chi connectivity index (χ2v) is 7.90. The molecule has 21 heavy (non-hydrogen) atoms. The fraction of sp³-hybridized carbons (Fsp3) is 0.667. The number of nitrogens with zero attached hydrogens (tertiary/aromatic N) is 1. The summed E-state index contributed by atoms with van der Waals surface area (Å²) in [7, 11) is 0. The standard InChI is InChI=1S/C18H28N2O/c1-13-6-7-14-10-15(8-9-16(14)19-13)20-11-17(2,3)21-18(4,5)12-20/h8-10,13,19H,6-7,11-12H2,1-5H3. The van der Waals surface area contributed by atoms with Gasteiger partial charge in [-0.3, -0.25) is 0 Å². The zero-order valence-corrected chi connectivity index (χ0v) is 14.0. The number of fused-ring (bicyclic) bond motifs is 1. The first kappa shape index (κ1) is 14.7. The van der Waals surface area contributed by atoms with E-state index in [2.05, 4.69) is 63.0 Å². The highest BCUT2D eigenvalue weighted by Crippen LogP contribution is 2.34. The van der Waals surface area contributed by atoms with Crippen LogP contribution in [-0.4, -0.2) is 30.3 Å². The minimum Gasteiger partial charge on any atom is -0.382 e. The van der Waals surface area contributed by atoms with Gasteiger partial charge in [0.1, 0.15) is 0 Å². The molecule has 0 bridgehead atoms. The van der Waals surface area contributed by atoms with Gasteiger partial charge in [-0.05, 0) is 71.2 Å². The van der Waals surface area contributed by atoms with E-state index in [4.69, 9.17) is 4.74 Å². The van der Waals surface area contributed by atoms with Crippen molar-refractivity contribution in [2.75, 3.05) is 23.3 Å². The van der Waals surface area contributed by atoms with Crippen molar-refractivity contribution in [3.8, 4) is 0 Å². The van der Waals surface area contributed by atoms with Crippen molar-refractivity contribution in [2.24, 2.45) is 0 Å². The number of ether oxygens (including phenoxy) is 1. The van der Waals surface area contributed by atoms with Crippen LogP contribution in [0.25, 0.3) is 0 Å². The van der Waals surface area contributed by atoms with E-state index in [9.17, 15) is 0 Å². The molecular formula is C18H28N2O. The zero-order chi connectivity index (χ0) is 15.3. The second-order valence-electron chi connectivity index (χ2n) is 7.90. The molecule has 3 rings (SSSR count). The molecule has 1 fully saturated rings. The molecule has 2 aliphatic heterocycles. The fourth-order valence-electron chi connectivity index (χ4n) is 3.80. The fourth-order valence-corrected chi connectivity index (χ4v) is 3.80. The number of morpholine rings is 1. The second kappa shape index (κ2) is 4.91. The number of hydrogen-bond donors (Lipinski definition) is 1. The summed E-state index contributed by atoms with van der Waals surface area (Å²) in [5.41, 5.74) is 3.88. The van der Waals surface area contributed by atoms with Crippen molar-refractivity contribution in [3.05, 3.63) is 23.8 Å². The molecule has 2 aliphatic rings. The van der Waals surface area contributed by atoms with Gasteiger partial charge in [0, 0.05) is 30.5 Å². The lowest BCUT2D eigenvalue weighted by atomic mass is 9.95. The van der Waals surface area contributed by atoms with Gasteiger partial charge in [0.05, 0.1) is 11.2 Å². The summed E-state index contributed by atoms with van der Waals surface area (Å²) in [6.45, 7) is 12.9. The normalized spacial score (nSPS) is 26.9.